The predicted octanol–water partition coefficient (Wildman–Crippen LogP) is 1.19. The van der Waals surface area contributed by atoms with Crippen LogP contribution in [0, 0.1) is 0 Å². The summed E-state index contributed by atoms with van der Waals surface area (Å²) < 4.78 is 5.75. The summed E-state index contributed by atoms with van der Waals surface area (Å²) in [6, 6.07) is 9.33. The smallest absolute Gasteiger partial charge is 0.263 e. The van der Waals surface area contributed by atoms with Gasteiger partial charge in [-0.3, -0.25) is 9.59 Å². The van der Waals surface area contributed by atoms with Crippen molar-refractivity contribution < 1.29 is 14.3 Å². The van der Waals surface area contributed by atoms with Gasteiger partial charge >= 0.3 is 0 Å². The summed E-state index contributed by atoms with van der Waals surface area (Å²) in [4.78, 5) is 25.5. The number of hydrogen-bond donors (Lipinski definition) is 1. The van der Waals surface area contributed by atoms with Crippen LogP contribution < -0.4 is 10.1 Å². The van der Waals surface area contributed by atoms with Gasteiger partial charge in [0, 0.05) is 26.1 Å². The number of amides is 2. The second-order valence-electron chi connectivity index (χ2n) is 4.75. The van der Waals surface area contributed by atoms with Crippen LogP contribution in [0.3, 0.4) is 0 Å². The van der Waals surface area contributed by atoms with Gasteiger partial charge in [0.2, 0.25) is 5.91 Å². The maximum Gasteiger partial charge on any atom is 0.263 e. The molecule has 5 heteroatoms. The Labute approximate surface area is 118 Å². The Bertz CT molecular complexity index is 461. The molecular formula is C15H20N2O3. The molecule has 2 rings (SSSR count). The van der Waals surface area contributed by atoms with E-state index in [4.69, 9.17) is 4.74 Å². The number of para-hydroxylation sites is 1. The molecule has 1 aromatic carbocycles. The zero-order valence-electron chi connectivity index (χ0n) is 11.7. The van der Waals surface area contributed by atoms with Gasteiger partial charge in [-0.25, -0.2) is 0 Å². The lowest BCUT2D eigenvalue weighted by atomic mass is 10.2. The maximum absolute atomic E-state index is 12.5. The minimum absolute atomic E-state index is 0.00248. The minimum Gasteiger partial charge on any atom is -0.481 e. The molecule has 20 heavy (non-hydrogen) atoms. The van der Waals surface area contributed by atoms with E-state index in [2.05, 4.69) is 5.32 Å². The summed E-state index contributed by atoms with van der Waals surface area (Å²) in [5.74, 6) is 0.641. The molecule has 1 heterocycles. The molecule has 1 saturated heterocycles. The molecule has 108 valence electrons. The third-order valence-electron chi connectivity index (χ3n) is 3.29. The first-order valence-electron chi connectivity index (χ1n) is 6.98. The Morgan fingerprint density at radius 1 is 1.35 bits per heavy atom. The van der Waals surface area contributed by atoms with Crippen LogP contribution >= 0.6 is 0 Å². The standard InChI is InChI=1S/C15H20N2O3/c1-2-13(20-12-6-4-3-5-7-12)15(19)17-10-8-14(18)16-9-11-17/h3-7,13H,2,8-11H2,1H3,(H,16,18). The van der Waals surface area contributed by atoms with Gasteiger partial charge < -0.3 is 15.0 Å². The lowest BCUT2D eigenvalue weighted by Gasteiger charge is -2.25. The van der Waals surface area contributed by atoms with Gasteiger partial charge in [0.1, 0.15) is 5.75 Å². The Morgan fingerprint density at radius 3 is 2.80 bits per heavy atom. The van der Waals surface area contributed by atoms with Crippen LogP contribution in [0.15, 0.2) is 30.3 Å². The molecule has 2 amide bonds. The van der Waals surface area contributed by atoms with Crippen LogP contribution in [0.1, 0.15) is 19.8 Å². The zero-order valence-corrected chi connectivity index (χ0v) is 11.7. The highest BCUT2D eigenvalue weighted by Gasteiger charge is 2.26. The van der Waals surface area contributed by atoms with Crippen molar-refractivity contribution in [2.24, 2.45) is 0 Å². The normalized spacial score (nSPS) is 17.1. The van der Waals surface area contributed by atoms with Gasteiger partial charge in [0.05, 0.1) is 0 Å². The molecule has 0 saturated carbocycles. The van der Waals surface area contributed by atoms with Gasteiger partial charge in [0.25, 0.3) is 5.91 Å². The number of ether oxygens (including phenoxy) is 1. The van der Waals surface area contributed by atoms with Crippen molar-refractivity contribution in [3.8, 4) is 5.75 Å². The molecule has 0 bridgehead atoms. The van der Waals surface area contributed by atoms with Crippen molar-refractivity contribution in [1.82, 2.24) is 10.2 Å². The van der Waals surface area contributed by atoms with Gasteiger partial charge in [-0.2, -0.15) is 0 Å². The number of benzene rings is 1. The van der Waals surface area contributed by atoms with E-state index in [1.807, 2.05) is 37.3 Å². The quantitative estimate of drug-likeness (QED) is 0.898. The average molecular weight is 276 g/mol. The molecule has 0 radical (unpaired) electrons. The second-order valence-corrected chi connectivity index (χ2v) is 4.75. The summed E-state index contributed by atoms with van der Waals surface area (Å²) in [5, 5.41) is 2.76. The lowest BCUT2D eigenvalue weighted by molar-refractivity contribution is -0.138. The summed E-state index contributed by atoms with van der Waals surface area (Å²) in [6.45, 7) is 3.43. The van der Waals surface area contributed by atoms with E-state index in [0.717, 1.165) is 0 Å². The topological polar surface area (TPSA) is 58.6 Å². The number of rotatable bonds is 4. The van der Waals surface area contributed by atoms with Gasteiger partial charge in [-0.05, 0) is 18.6 Å². The molecule has 0 aromatic heterocycles. The molecule has 1 unspecified atom stereocenters. The summed E-state index contributed by atoms with van der Waals surface area (Å²) in [7, 11) is 0. The zero-order chi connectivity index (χ0) is 14.4. The molecule has 1 aliphatic rings. The van der Waals surface area contributed by atoms with Crippen molar-refractivity contribution in [3.05, 3.63) is 30.3 Å². The van der Waals surface area contributed by atoms with Crippen LogP contribution in [0.4, 0.5) is 0 Å². The van der Waals surface area contributed by atoms with E-state index in [1.54, 1.807) is 4.90 Å². The number of carbonyl (C=O) groups excluding carboxylic acids is 2. The molecule has 5 nitrogen and oxygen atoms in total. The van der Waals surface area contributed by atoms with E-state index < -0.39 is 6.10 Å². The molecular weight excluding hydrogens is 256 g/mol. The molecule has 0 spiro atoms. The highest BCUT2D eigenvalue weighted by atomic mass is 16.5. The molecule has 0 aliphatic carbocycles. The highest BCUT2D eigenvalue weighted by molar-refractivity contribution is 5.83. The van der Waals surface area contributed by atoms with Gasteiger partial charge in [0.15, 0.2) is 6.10 Å². The van der Waals surface area contributed by atoms with E-state index >= 15 is 0 Å². The molecule has 1 N–H and O–H groups in total. The van der Waals surface area contributed by atoms with Crippen molar-refractivity contribution in [3.63, 3.8) is 0 Å². The van der Waals surface area contributed by atoms with Gasteiger partial charge in [-0.1, -0.05) is 25.1 Å². The second kappa shape index (κ2) is 6.93. The number of hydrogen-bond acceptors (Lipinski definition) is 3. The molecule has 1 fully saturated rings. The first-order valence-corrected chi connectivity index (χ1v) is 6.98. The van der Waals surface area contributed by atoms with Crippen LogP contribution in [-0.4, -0.2) is 42.5 Å². The predicted molar refractivity (Wildman–Crippen MR) is 75.4 cm³/mol. The highest BCUT2D eigenvalue weighted by Crippen LogP contribution is 2.14. The van der Waals surface area contributed by atoms with Crippen LogP contribution in [0.2, 0.25) is 0 Å². The summed E-state index contributed by atoms with van der Waals surface area (Å²) in [5.41, 5.74) is 0. The lowest BCUT2D eigenvalue weighted by Crippen LogP contribution is -2.43. The first-order chi connectivity index (χ1) is 9.70. The fraction of sp³-hybridized carbons (Fsp3) is 0.467. The van der Waals surface area contributed by atoms with E-state index in [1.165, 1.54) is 0 Å². The average Bonchev–Trinajstić information content (AvgIpc) is 2.70. The molecule has 1 atom stereocenters. The first kappa shape index (κ1) is 14.4. The molecule has 1 aromatic rings. The van der Waals surface area contributed by atoms with Gasteiger partial charge in [-0.15, -0.1) is 0 Å². The van der Waals surface area contributed by atoms with E-state index in [-0.39, 0.29) is 11.8 Å². The third kappa shape index (κ3) is 3.73. The number of carbonyl (C=O) groups is 2. The number of nitrogens with zero attached hydrogens (tertiary/aromatic N) is 1. The van der Waals surface area contributed by atoms with Crippen LogP contribution in [0.5, 0.6) is 5.75 Å². The fourth-order valence-corrected chi connectivity index (χ4v) is 2.16. The van der Waals surface area contributed by atoms with Crippen LogP contribution in [0.25, 0.3) is 0 Å². The summed E-state index contributed by atoms with van der Waals surface area (Å²) in [6.07, 6.45) is 0.463. The Kier molecular flexibility index (Phi) is 4.98. The number of nitrogens with one attached hydrogen (secondary N) is 1. The van der Waals surface area contributed by atoms with Crippen molar-refractivity contribution >= 4 is 11.8 Å². The Morgan fingerprint density at radius 2 is 2.10 bits per heavy atom. The minimum atomic E-state index is -0.495. The van der Waals surface area contributed by atoms with Crippen LogP contribution in [-0.2, 0) is 9.59 Å². The van der Waals surface area contributed by atoms with Crippen molar-refractivity contribution in [2.75, 3.05) is 19.6 Å². The SMILES string of the molecule is CCC(Oc1ccccc1)C(=O)N1CCNC(=O)CC1. The van der Waals surface area contributed by atoms with E-state index in [9.17, 15) is 9.59 Å². The monoisotopic (exact) mass is 276 g/mol. The third-order valence-corrected chi connectivity index (χ3v) is 3.29. The maximum atomic E-state index is 12.5. The van der Waals surface area contributed by atoms with E-state index in [0.29, 0.717) is 38.2 Å². The fourth-order valence-electron chi connectivity index (χ4n) is 2.16. The Balaban J connectivity index is 1.99. The van der Waals surface area contributed by atoms with Crippen molar-refractivity contribution in [1.29, 1.82) is 0 Å². The summed E-state index contributed by atoms with van der Waals surface area (Å²) >= 11 is 0. The van der Waals surface area contributed by atoms with Crippen molar-refractivity contribution in [2.45, 2.75) is 25.9 Å². The largest absolute Gasteiger partial charge is 0.481 e. The molecule has 1 aliphatic heterocycles. The Hall–Kier alpha value is -2.04.